The van der Waals surface area contributed by atoms with Crippen LogP contribution in [-0.2, 0) is 19.7 Å². The summed E-state index contributed by atoms with van der Waals surface area (Å²) in [6.45, 7) is 6.27. The first-order chi connectivity index (χ1) is 14.3. The number of rotatable bonds is 8. The molecule has 0 spiro atoms. The van der Waals surface area contributed by atoms with Crippen molar-refractivity contribution in [1.29, 1.82) is 0 Å². The lowest BCUT2D eigenvalue weighted by molar-refractivity contribution is -0.131. The van der Waals surface area contributed by atoms with E-state index in [0.29, 0.717) is 29.6 Å². The standard InChI is InChI=1S/C20H24ClN3O4S2/c1-4-24(5-2)30(26,27)15-8-6-14(7-9-15)13(3)22-20(25)17-12-16(23-28-17)18-10-11-19(21)29-18/h6-11,13,17H,4-5,12H2,1-3H3,(H,22,25). The predicted molar refractivity (Wildman–Crippen MR) is 118 cm³/mol. The fraction of sp³-hybridized carbons (Fsp3) is 0.400. The Labute approximate surface area is 185 Å². The van der Waals surface area contributed by atoms with E-state index in [1.807, 2.05) is 13.0 Å². The summed E-state index contributed by atoms with van der Waals surface area (Å²) in [7, 11) is -3.51. The molecule has 2 heterocycles. The third-order valence-electron chi connectivity index (χ3n) is 4.90. The van der Waals surface area contributed by atoms with Crippen molar-refractivity contribution < 1.29 is 18.0 Å². The lowest BCUT2D eigenvalue weighted by atomic mass is 10.1. The molecule has 2 atom stereocenters. The number of benzene rings is 1. The molecule has 7 nitrogen and oxygen atoms in total. The van der Waals surface area contributed by atoms with Gasteiger partial charge in [0.15, 0.2) is 0 Å². The van der Waals surface area contributed by atoms with Crippen LogP contribution in [0.3, 0.4) is 0 Å². The normalized spacial score (nSPS) is 17.5. The van der Waals surface area contributed by atoms with E-state index in [1.165, 1.54) is 15.6 Å². The minimum absolute atomic E-state index is 0.236. The summed E-state index contributed by atoms with van der Waals surface area (Å²) in [5, 5.41) is 6.91. The third-order valence-corrected chi connectivity index (χ3v) is 8.25. The van der Waals surface area contributed by atoms with Crippen LogP contribution in [0.5, 0.6) is 0 Å². The van der Waals surface area contributed by atoms with Crippen LogP contribution in [0.2, 0.25) is 4.34 Å². The number of oxime groups is 1. The van der Waals surface area contributed by atoms with E-state index in [4.69, 9.17) is 16.4 Å². The highest BCUT2D eigenvalue weighted by Gasteiger charge is 2.30. The minimum Gasteiger partial charge on any atom is -0.382 e. The van der Waals surface area contributed by atoms with Crippen molar-refractivity contribution in [2.24, 2.45) is 5.16 Å². The van der Waals surface area contributed by atoms with E-state index in [-0.39, 0.29) is 16.8 Å². The second-order valence-corrected chi connectivity index (χ2v) is 10.5. The van der Waals surface area contributed by atoms with Gasteiger partial charge in [-0.25, -0.2) is 8.42 Å². The largest absolute Gasteiger partial charge is 0.382 e. The molecule has 2 aromatic rings. The highest BCUT2D eigenvalue weighted by molar-refractivity contribution is 7.89. The number of hydrogen-bond donors (Lipinski definition) is 1. The molecule has 1 aliphatic heterocycles. The molecule has 0 radical (unpaired) electrons. The fourth-order valence-electron chi connectivity index (χ4n) is 3.16. The minimum atomic E-state index is -3.51. The first-order valence-corrected chi connectivity index (χ1v) is 12.3. The van der Waals surface area contributed by atoms with E-state index in [1.54, 1.807) is 44.2 Å². The molecule has 30 heavy (non-hydrogen) atoms. The van der Waals surface area contributed by atoms with Gasteiger partial charge in [-0.2, -0.15) is 4.31 Å². The number of sulfonamides is 1. The molecule has 10 heteroatoms. The third kappa shape index (κ3) is 4.85. The molecule has 1 amide bonds. The molecule has 0 fully saturated rings. The van der Waals surface area contributed by atoms with Crippen molar-refractivity contribution in [3.8, 4) is 0 Å². The summed E-state index contributed by atoms with van der Waals surface area (Å²) >= 11 is 7.34. The van der Waals surface area contributed by atoms with Crippen LogP contribution in [0, 0.1) is 0 Å². The first-order valence-electron chi connectivity index (χ1n) is 9.65. The Morgan fingerprint density at radius 3 is 2.50 bits per heavy atom. The van der Waals surface area contributed by atoms with Crippen molar-refractivity contribution in [2.45, 2.75) is 44.2 Å². The number of carbonyl (C=O) groups excluding carboxylic acids is 1. The average molecular weight is 470 g/mol. The Kier molecular flexibility index (Phi) is 7.18. The van der Waals surface area contributed by atoms with Crippen molar-refractivity contribution >= 4 is 44.6 Å². The predicted octanol–water partition coefficient (Wildman–Crippen LogP) is 3.80. The highest BCUT2D eigenvalue weighted by Crippen LogP contribution is 2.27. The van der Waals surface area contributed by atoms with Crippen LogP contribution >= 0.6 is 22.9 Å². The van der Waals surface area contributed by atoms with Gasteiger partial charge in [0.1, 0.15) is 5.71 Å². The Morgan fingerprint density at radius 2 is 1.93 bits per heavy atom. The SMILES string of the molecule is CCN(CC)S(=O)(=O)c1ccc(C(C)NC(=O)C2CC(c3ccc(Cl)s3)=NO2)cc1. The van der Waals surface area contributed by atoms with Crippen LogP contribution in [0.4, 0.5) is 0 Å². The Balaban J connectivity index is 1.61. The molecule has 0 aliphatic carbocycles. The van der Waals surface area contributed by atoms with Crippen molar-refractivity contribution in [1.82, 2.24) is 9.62 Å². The van der Waals surface area contributed by atoms with Gasteiger partial charge < -0.3 is 10.2 Å². The van der Waals surface area contributed by atoms with Crippen LogP contribution < -0.4 is 5.32 Å². The van der Waals surface area contributed by atoms with Crippen LogP contribution in [0.25, 0.3) is 0 Å². The molecule has 1 aliphatic rings. The van der Waals surface area contributed by atoms with Gasteiger partial charge in [-0.15, -0.1) is 11.3 Å². The molecule has 0 saturated heterocycles. The van der Waals surface area contributed by atoms with E-state index < -0.39 is 16.1 Å². The quantitative estimate of drug-likeness (QED) is 0.636. The zero-order valence-corrected chi connectivity index (χ0v) is 19.4. The van der Waals surface area contributed by atoms with E-state index >= 15 is 0 Å². The number of thiophene rings is 1. The van der Waals surface area contributed by atoms with Gasteiger partial charge in [-0.1, -0.05) is 42.7 Å². The topological polar surface area (TPSA) is 88.1 Å². The lowest BCUT2D eigenvalue weighted by Crippen LogP contribution is -2.36. The van der Waals surface area contributed by atoms with Gasteiger partial charge in [0.2, 0.25) is 16.1 Å². The average Bonchev–Trinajstić information content (AvgIpc) is 3.38. The van der Waals surface area contributed by atoms with E-state index in [2.05, 4.69) is 10.5 Å². The van der Waals surface area contributed by atoms with Gasteiger partial charge in [-0.05, 0) is 36.8 Å². The maximum Gasteiger partial charge on any atom is 0.264 e. The van der Waals surface area contributed by atoms with Crippen molar-refractivity contribution in [3.05, 3.63) is 51.2 Å². The second kappa shape index (κ2) is 9.47. The zero-order valence-electron chi connectivity index (χ0n) is 17.0. The smallest absolute Gasteiger partial charge is 0.264 e. The molecule has 3 rings (SSSR count). The summed E-state index contributed by atoms with van der Waals surface area (Å²) in [5.74, 6) is -0.274. The molecule has 1 aromatic heterocycles. The molecule has 1 aromatic carbocycles. The molecular weight excluding hydrogens is 446 g/mol. The van der Waals surface area contributed by atoms with Crippen LogP contribution in [0.1, 0.15) is 43.7 Å². The maximum atomic E-state index is 12.6. The maximum absolute atomic E-state index is 12.6. The number of amides is 1. The molecule has 2 unspecified atom stereocenters. The number of halogens is 1. The summed E-state index contributed by atoms with van der Waals surface area (Å²) < 4.78 is 27.3. The molecule has 162 valence electrons. The molecular formula is C20H24ClN3O4S2. The van der Waals surface area contributed by atoms with Gasteiger partial charge in [0, 0.05) is 19.5 Å². The highest BCUT2D eigenvalue weighted by atomic mass is 35.5. The van der Waals surface area contributed by atoms with E-state index in [0.717, 1.165) is 10.4 Å². The monoisotopic (exact) mass is 469 g/mol. The Hall–Kier alpha value is -1.94. The summed E-state index contributed by atoms with van der Waals surface area (Å²) in [6.07, 6.45) is -0.332. The number of nitrogens with zero attached hydrogens (tertiary/aromatic N) is 2. The van der Waals surface area contributed by atoms with Crippen molar-refractivity contribution in [2.75, 3.05) is 13.1 Å². The van der Waals surface area contributed by atoms with Gasteiger partial charge in [0.05, 0.1) is 20.2 Å². The zero-order chi connectivity index (χ0) is 21.9. The van der Waals surface area contributed by atoms with Crippen LogP contribution in [0.15, 0.2) is 46.4 Å². The Bertz CT molecular complexity index is 1030. The molecule has 0 saturated carbocycles. The van der Waals surface area contributed by atoms with E-state index in [9.17, 15) is 13.2 Å². The molecule has 0 bridgehead atoms. The fourth-order valence-corrected chi connectivity index (χ4v) is 5.65. The van der Waals surface area contributed by atoms with Gasteiger partial charge in [-0.3, -0.25) is 4.79 Å². The van der Waals surface area contributed by atoms with Crippen LogP contribution in [-0.4, -0.2) is 43.5 Å². The number of hydrogen-bond acceptors (Lipinski definition) is 6. The van der Waals surface area contributed by atoms with Gasteiger partial charge in [0.25, 0.3) is 5.91 Å². The van der Waals surface area contributed by atoms with Gasteiger partial charge >= 0.3 is 0 Å². The number of carbonyl (C=O) groups is 1. The number of nitrogens with one attached hydrogen (secondary N) is 1. The molecule has 1 N–H and O–H groups in total. The first kappa shape index (κ1) is 22.7. The van der Waals surface area contributed by atoms with Crippen molar-refractivity contribution in [3.63, 3.8) is 0 Å². The summed E-state index contributed by atoms with van der Waals surface area (Å²) in [4.78, 5) is 19.0. The second-order valence-electron chi connectivity index (χ2n) is 6.83. The summed E-state index contributed by atoms with van der Waals surface area (Å²) in [5.41, 5.74) is 1.50. The lowest BCUT2D eigenvalue weighted by Gasteiger charge is -2.20. The Morgan fingerprint density at radius 1 is 1.27 bits per heavy atom. The summed E-state index contributed by atoms with van der Waals surface area (Å²) in [6, 6.07) is 9.89.